The van der Waals surface area contributed by atoms with Gasteiger partial charge in [-0.15, -0.1) is 0 Å². The zero-order chi connectivity index (χ0) is 22.3. The van der Waals surface area contributed by atoms with Crippen molar-refractivity contribution < 1.29 is 4.79 Å². The van der Waals surface area contributed by atoms with Crippen molar-refractivity contribution in [2.75, 3.05) is 36.8 Å². The third kappa shape index (κ3) is 3.50. The van der Waals surface area contributed by atoms with E-state index in [1.165, 1.54) is 0 Å². The van der Waals surface area contributed by atoms with Crippen molar-refractivity contribution in [2.45, 2.75) is 25.3 Å². The maximum Gasteiger partial charge on any atom is 0.240 e. The first kappa shape index (κ1) is 20.5. The SMILES string of the molecule is Cc1c(N)ncc(-c2ccc(-c3cnn(C)c3)cc2)c1N1CCC2(CC1)NCCNC2=O. The number of rotatable bonds is 3. The molecular weight excluding hydrogens is 402 g/mol. The van der Waals surface area contributed by atoms with Crippen LogP contribution in [0.15, 0.2) is 42.9 Å². The fourth-order valence-corrected chi connectivity index (χ4v) is 4.89. The van der Waals surface area contributed by atoms with Crippen molar-refractivity contribution >= 4 is 17.4 Å². The smallest absolute Gasteiger partial charge is 0.240 e. The highest BCUT2D eigenvalue weighted by molar-refractivity contribution is 5.88. The highest BCUT2D eigenvalue weighted by Gasteiger charge is 2.43. The zero-order valence-electron chi connectivity index (χ0n) is 18.6. The third-order valence-corrected chi connectivity index (χ3v) is 6.80. The van der Waals surface area contributed by atoms with Gasteiger partial charge in [0.15, 0.2) is 0 Å². The molecule has 8 nitrogen and oxygen atoms in total. The summed E-state index contributed by atoms with van der Waals surface area (Å²) in [5.41, 5.74) is 12.2. The van der Waals surface area contributed by atoms with E-state index in [1.807, 2.05) is 32.6 Å². The molecule has 0 bridgehead atoms. The minimum atomic E-state index is -0.452. The summed E-state index contributed by atoms with van der Waals surface area (Å²) in [5, 5.41) is 10.8. The molecule has 2 saturated heterocycles. The van der Waals surface area contributed by atoms with Gasteiger partial charge in [-0.2, -0.15) is 5.10 Å². The normalized spacial score (nSPS) is 18.1. The first-order valence-corrected chi connectivity index (χ1v) is 11.1. The minimum absolute atomic E-state index is 0.126. The molecule has 2 aromatic heterocycles. The van der Waals surface area contributed by atoms with Crippen LogP contribution in [0.1, 0.15) is 18.4 Å². The van der Waals surface area contributed by atoms with Crippen LogP contribution in [-0.4, -0.2) is 52.4 Å². The summed E-state index contributed by atoms with van der Waals surface area (Å²) in [4.78, 5) is 19.4. The molecule has 8 heteroatoms. The predicted molar refractivity (Wildman–Crippen MR) is 126 cm³/mol. The van der Waals surface area contributed by atoms with Crippen molar-refractivity contribution in [3.8, 4) is 22.3 Å². The van der Waals surface area contributed by atoms with Gasteiger partial charge in [0.25, 0.3) is 0 Å². The number of nitrogen functional groups attached to an aromatic ring is 1. The van der Waals surface area contributed by atoms with Crippen LogP contribution in [0.5, 0.6) is 0 Å². The molecule has 5 rings (SSSR count). The molecule has 166 valence electrons. The monoisotopic (exact) mass is 431 g/mol. The number of nitrogens with zero attached hydrogens (tertiary/aromatic N) is 4. The van der Waals surface area contributed by atoms with Crippen molar-refractivity contribution in [1.29, 1.82) is 0 Å². The first-order valence-electron chi connectivity index (χ1n) is 11.1. The lowest BCUT2D eigenvalue weighted by molar-refractivity contribution is -0.130. The third-order valence-electron chi connectivity index (χ3n) is 6.80. The number of carbonyl (C=O) groups is 1. The molecule has 3 aromatic rings. The Hall–Kier alpha value is -3.39. The Labute approximate surface area is 187 Å². The van der Waals surface area contributed by atoms with Crippen LogP contribution in [-0.2, 0) is 11.8 Å². The number of carbonyl (C=O) groups excluding carboxylic acids is 1. The minimum Gasteiger partial charge on any atom is -0.383 e. The molecule has 0 saturated carbocycles. The van der Waals surface area contributed by atoms with E-state index in [-0.39, 0.29) is 5.91 Å². The van der Waals surface area contributed by atoms with E-state index in [4.69, 9.17) is 5.73 Å². The summed E-state index contributed by atoms with van der Waals surface area (Å²) < 4.78 is 1.80. The van der Waals surface area contributed by atoms with Crippen molar-refractivity contribution in [1.82, 2.24) is 25.4 Å². The molecular formula is C24H29N7O. The number of hydrogen-bond acceptors (Lipinski definition) is 6. The number of hydrogen-bond donors (Lipinski definition) is 3. The van der Waals surface area contributed by atoms with Crippen LogP contribution in [0.4, 0.5) is 11.5 Å². The molecule has 0 unspecified atom stereocenters. The summed E-state index contributed by atoms with van der Waals surface area (Å²) in [6.07, 6.45) is 7.27. The molecule has 4 N–H and O–H groups in total. The number of nitrogens with one attached hydrogen (secondary N) is 2. The summed E-state index contributed by atoms with van der Waals surface area (Å²) >= 11 is 0. The van der Waals surface area contributed by atoms with E-state index in [0.29, 0.717) is 12.4 Å². The van der Waals surface area contributed by atoms with Gasteiger partial charge in [-0.25, -0.2) is 4.98 Å². The topological polar surface area (TPSA) is 101 Å². The van der Waals surface area contributed by atoms with Crippen LogP contribution in [0.3, 0.4) is 0 Å². The molecule has 0 radical (unpaired) electrons. The lowest BCUT2D eigenvalue weighted by Gasteiger charge is -2.44. The quantitative estimate of drug-likeness (QED) is 0.587. The zero-order valence-corrected chi connectivity index (χ0v) is 18.6. The molecule has 1 amide bonds. The molecule has 2 aliphatic rings. The number of aryl methyl sites for hydroxylation is 1. The van der Waals surface area contributed by atoms with Gasteiger partial charge in [0.05, 0.1) is 11.9 Å². The van der Waals surface area contributed by atoms with E-state index in [1.54, 1.807) is 4.68 Å². The number of pyridine rings is 1. The summed E-state index contributed by atoms with van der Waals surface area (Å²) in [5.74, 6) is 0.671. The lowest BCUT2D eigenvalue weighted by atomic mass is 9.84. The standard InChI is InChI=1S/C24H29N7O/c1-16-21(31-11-7-24(8-12-31)23(32)26-9-10-28-24)20(14-27-22(16)25)18-5-3-17(4-6-18)19-13-29-30(2)15-19/h3-6,13-15,28H,7-12H2,1-2H3,(H2,25,27)(H,26,32). The van der Waals surface area contributed by atoms with Crippen molar-refractivity contribution in [3.05, 3.63) is 48.4 Å². The van der Waals surface area contributed by atoms with Gasteiger partial charge in [-0.05, 0) is 30.9 Å². The molecule has 4 heterocycles. The number of piperidine rings is 1. The number of aromatic nitrogens is 3. The molecule has 1 aromatic carbocycles. The molecule has 0 aliphatic carbocycles. The lowest BCUT2D eigenvalue weighted by Crippen LogP contribution is -2.66. The Bertz CT molecular complexity index is 1140. The molecule has 0 atom stereocenters. The van der Waals surface area contributed by atoms with E-state index in [2.05, 4.69) is 49.9 Å². The van der Waals surface area contributed by atoms with Crippen molar-refractivity contribution in [3.63, 3.8) is 0 Å². The van der Waals surface area contributed by atoms with Gasteiger partial charge < -0.3 is 21.3 Å². The van der Waals surface area contributed by atoms with Crippen LogP contribution < -0.4 is 21.3 Å². The fourth-order valence-electron chi connectivity index (χ4n) is 4.89. The number of anilines is 2. The Balaban J connectivity index is 1.45. The Morgan fingerprint density at radius 3 is 2.41 bits per heavy atom. The summed E-state index contributed by atoms with van der Waals surface area (Å²) in [6.45, 7) is 5.11. The Morgan fingerprint density at radius 2 is 1.75 bits per heavy atom. The van der Waals surface area contributed by atoms with Gasteiger partial charge in [-0.3, -0.25) is 9.48 Å². The van der Waals surface area contributed by atoms with Gasteiger partial charge in [0, 0.05) is 62.3 Å². The van der Waals surface area contributed by atoms with E-state index < -0.39 is 5.54 Å². The average Bonchev–Trinajstić information content (AvgIpc) is 3.25. The van der Waals surface area contributed by atoms with E-state index in [9.17, 15) is 4.79 Å². The fraction of sp³-hybridized carbons (Fsp3) is 0.375. The van der Waals surface area contributed by atoms with E-state index in [0.717, 1.165) is 66.0 Å². The highest BCUT2D eigenvalue weighted by Crippen LogP contribution is 2.39. The number of piperazine rings is 1. The highest BCUT2D eigenvalue weighted by atomic mass is 16.2. The van der Waals surface area contributed by atoms with Crippen LogP contribution in [0.2, 0.25) is 0 Å². The second-order valence-electron chi connectivity index (χ2n) is 8.76. The molecule has 1 spiro atoms. The number of benzene rings is 1. The van der Waals surface area contributed by atoms with Crippen LogP contribution >= 0.6 is 0 Å². The largest absolute Gasteiger partial charge is 0.383 e. The van der Waals surface area contributed by atoms with Crippen LogP contribution in [0.25, 0.3) is 22.3 Å². The van der Waals surface area contributed by atoms with Crippen LogP contribution in [0, 0.1) is 6.92 Å². The summed E-state index contributed by atoms with van der Waals surface area (Å²) in [7, 11) is 1.92. The Morgan fingerprint density at radius 1 is 1.03 bits per heavy atom. The first-order chi connectivity index (χ1) is 15.5. The second-order valence-corrected chi connectivity index (χ2v) is 8.76. The Kier molecular flexibility index (Phi) is 5.09. The van der Waals surface area contributed by atoms with Gasteiger partial charge in [0.2, 0.25) is 5.91 Å². The number of nitrogens with two attached hydrogens (primary N) is 1. The van der Waals surface area contributed by atoms with Gasteiger partial charge in [0.1, 0.15) is 11.4 Å². The van der Waals surface area contributed by atoms with E-state index >= 15 is 0 Å². The molecule has 2 aliphatic heterocycles. The van der Waals surface area contributed by atoms with Gasteiger partial charge in [-0.1, -0.05) is 24.3 Å². The predicted octanol–water partition coefficient (Wildman–Crippen LogP) is 2.10. The van der Waals surface area contributed by atoms with Crippen molar-refractivity contribution in [2.24, 2.45) is 7.05 Å². The molecule has 2 fully saturated rings. The van der Waals surface area contributed by atoms with Gasteiger partial charge >= 0.3 is 0 Å². The maximum absolute atomic E-state index is 12.5. The maximum atomic E-state index is 12.5. The molecule has 32 heavy (non-hydrogen) atoms. The average molecular weight is 432 g/mol. The summed E-state index contributed by atoms with van der Waals surface area (Å²) in [6, 6.07) is 8.48. The second kappa shape index (κ2) is 7.94. The number of amides is 1.